The van der Waals surface area contributed by atoms with Gasteiger partial charge in [-0.2, -0.15) is 5.10 Å². The highest BCUT2D eigenvalue weighted by Crippen LogP contribution is 2.45. The van der Waals surface area contributed by atoms with Crippen LogP contribution in [0.4, 0.5) is 0 Å². The molecule has 1 aliphatic heterocycles. The van der Waals surface area contributed by atoms with Crippen LogP contribution in [-0.4, -0.2) is 45.9 Å². The molecular formula is C22H21N3O4S2. The van der Waals surface area contributed by atoms with Crippen LogP contribution < -0.4 is 10.2 Å². The summed E-state index contributed by atoms with van der Waals surface area (Å²) in [5.41, 5.74) is 5.22. The number of hydrogen-bond acceptors (Lipinski definition) is 6. The molecule has 0 unspecified atom stereocenters. The van der Waals surface area contributed by atoms with Crippen LogP contribution >= 0.6 is 23.5 Å². The topological polar surface area (TPSA) is 92.9 Å². The van der Waals surface area contributed by atoms with E-state index < -0.39 is 5.97 Å². The van der Waals surface area contributed by atoms with Crippen molar-refractivity contribution >= 4 is 52.5 Å². The number of amides is 1. The van der Waals surface area contributed by atoms with E-state index in [9.17, 15) is 9.59 Å². The van der Waals surface area contributed by atoms with Gasteiger partial charge >= 0.3 is 5.97 Å². The van der Waals surface area contributed by atoms with E-state index in [2.05, 4.69) is 10.5 Å². The first-order valence-corrected chi connectivity index (χ1v) is 11.8. The molecule has 7 nitrogen and oxygen atoms in total. The largest absolute Gasteiger partial charge is 0.484 e. The number of aliphatic carboxylic acids is 1. The first kappa shape index (κ1) is 21.3. The second kappa shape index (κ2) is 9.93. The highest BCUT2D eigenvalue weighted by atomic mass is 32.2. The Morgan fingerprint density at radius 1 is 1.16 bits per heavy atom. The zero-order valence-corrected chi connectivity index (χ0v) is 18.2. The van der Waals surface area contributed by atoms with Crippen LogP contribution in [0.3, 0.4) is 0 Å². The Balaban J connectivity index is 1.32. The maximum atomic E-state index is 12.1. The first-order chi connectivity index (χ1) is 15.1. The van der Waals surface area contributed by atoms with Crippen molar-refractivity contribution in [1.82, 2.24) is 9.99 Å². The summed E-state index contributed by atoms with van der Waals surface area (Å²) < 4.78 is 7.65. The predicted molar refractivity (Wildman–Crippen MR) is 125 cm³/mol. The Bertz CT molecular complexity index is 1110. The second-order valence-corrected chi connectivity index (χ2v) is 9.57. The SMILES string of the molecule is O=C(O)Cn1cc(/C=N\NC(=O)COc2ccc(C3SCCS3)cc2)c2ccccc21. The number of carbonyl (C=O) groups excluding carboxylic acids is 1. The van der Waals surface area contributed by atoms with Crippen LogP contribution in [0.1, 0.15) is 15.7 Å². The van der Waals surface area contributed by atoms with Gasteiger partial charge in [-0.15, -0.1) is 23.5 Å². The van der Waals surface area contributed by atoms with Crippen molar-refractivity contribution in [3.8, 4) is 5.75 Å². The number of ether oxygens (including phenoxy) is 1. The number of aromatic nitrogens is 1. The van der Waals surface area contributed by atoms with Crippen molar-refractivity contribution in [3.63, 3.8) is 0 Å². The number of carboxylic acids is 1. The molecule has 0 saturated carbocycles. The van der Waals surface area contributed by atoms with Gasteiger partial charge in [0.2, 0.25) is 0 Å². The maximum Gasteiger partial charge on any atom is 0.323 e. The summed E-state index contributed by atoms with van der Waals surface area (Å²) >= 11 is 3.89. The minimum absolute atomic E-state index is 0.147. The lowest BCUT2D eigenvalue weighted by Crippen LogP contribution is -2.24. The number of rotatable bonds is 8. The van der Waals surface area contributed by atoms with E-state index in [1.807, 2.05) is 72.1 Å². The van der Waals surface area contributed by atoms with Crippen molar-refractivity contribution in [2.75, 3.05) is 18.1 Å². The molecule has 1 amide bonds. The molecule has 1 saturated heterocycles. The van der Waals surface area contributed by atoms with Crippen LogP contribution in [0, 0.1) is 0 Å². The fourth-order valence-electron chi connectivity index (χ4n) is 3.28. The van der Waals surface area contributed by atoms with Gasteiger partial charge in [-0.1, -0.05) is 30.3 Å². The molecule has 31 heavy (non-hydrogen) atoms. The van der Waals surface area contributed by atoms with E-state index in [1.54, 1.807) is 10.8 Å². The summed E-state index contributed by atoms with van der Waals surface area (Å²) in [6, 6.07) is 15.3. The highest BCUT2D eigenvalue weighted by molar-refractivity contribution is 8.19. The van der Waals surface area contributed by atoms with Gasteiger partial charge in [-0.3, -0.25) is 9.59 Å². The molecule has 2 N–H and O–H groups in total. The number of carbonyl (C=O) groups is 2. The molecule has 1 aromatic heterocycles. The molecule has 0 bridgehead atoms. The summed E-state index contributed by atoms with van der Waals surface area (Å²) in [4.78, 5) is 23.1. The quantitative estimate of drug-likeness (QED) is 0.397. The number of thioether (sulfide) groups is 2. The normalized spacial score (nSPS) is 14.3. The lowest BCUT2D eigenvalue weighted by molar-refractivity contribution is -0.137. The first-order valence-electron chi connectivity index (χ1n) is 9.68. The number of fused-ring (bicyclic) bond motifs is 1. The lowest BCUT2D eigenvalue weighted by Gasteiger charge is -2.10. The van der Waals surface area contributed by atoms with Gasteiger partial charge in [-0.05, 0) is 23.8 Å². The third kappa shape index (κ3) is 5.42. The van der Waals surface area contributed by atoms with Gasteiger partial charge in [0.05, 0.1) is 10.8 Å². The summed E-state index contributed by atoms with van der Waals surface area (Å²) in [7, 11) is 0. The molecule has 4 rings (SSSR count). The number of hydrazone groups is 1. The monoisotopic (exact) mass is 455 g/mol. The van der Waals surface area contributed by atoms with Crippen LogP contribution in [0.25, 0.3) is 10.9 Å². The van der Waals surface area contributed by atoms with E-state index in [0.717, 1.165) is 16.5 Å². The molecule has 9 heteroatoms. The molecule has 160 valence electrons. The summed E-state index contributed by atoms with van der Waals surface area (Å²) in [6.07, 6.45) is 3.21. The Morgan fingerprint density at radius 3 is 2.65 bits per heavy atom. The number of nitrogens with one attached hydrogen (secondary N) is 1. The number of benzene rings is 2. The smallest absolute Gasteiger partial charge is 0.323 e. The molecule has 1 fully saturated rings. The Hall–Kier alpha value is -2.91. The average molecular weight is 456 g/mol. The summed E-state index contributed by atoms with van der Waals surface area (Å²) in [6.45, 7) is -0.296. The molecular weight excluding hydrogens is 434 g/mol. The number of nitrogens with zero attached hydrogens (tertiary/aromatic N) is 2. The van der Waals surface area contributed by atoms with Crippen molar-refractivity contribution in [2.24, 2.45) is 5.10 Å². The van der Waals surface area contributed by atoms with Gasteiger partial charge in [0.15, 0.2) is 6.61 Å². The average Bonchev–Trinajstić information content (AvgIpc) is 3.42. The Kier molecular flexibility index (Phi) is 6.83. The van der Waals surface area contributed by atoms with Gasteiger partial charge in [-0.25, -0.2) is 5.43 Å². The molecule has 2 aromatic carbocycles. The summed E-state index contributed by atoms with van der Waals surface area (Å²) in [5, 5.41) is 13.9. The number of carboxylic acid groups (broad SMARTS) is 1. The van der Waals surface area contributed by atoms with Crippen LogP contribution in [0.5, 0.6) is 5.75 Å². The van der Waals surface area contributed by atoms with Crippen molar-refractivity contribution in [2.45, 2.75) is 11.1 Å². The minimum atomic E-state index is -0.927. The highest BCUT2D eigenvalue weighted by Gasteiger charge is 2.18. The van der Waals surface area contributed by atoms with Crippen LogP contribution in [0.15, 0.2) is 59.8 Å². The van der Waals surface area contributed by atoms with Crippen LogP contribution in [0.2, 0.25) is 0 Å². The Labute approximate surface area is 187 Å². The maximum absolute atomic E-state index is 12.1. The van der Waals surface area contributed by atoms with E-state index in [0.29, 0.717) is 10.3 Å². The van der Waals surface area contributed by atoms with Gasteiger partial charge in [0, 0.05) is 34.2 Å². The molecule has 0 atom stereocenters. The van der Waals surface area contributed by atoms with Gasteiger partial charge < -0.3 is 14.4 Å². The van der Waals surface area contributed by atoms with Crippen molar-refractivity contribution in [1.29, 1.82) is 0 Å². The van der Waals surface area contributed by atoms with E-state index in [4.69, 9.17) is 9.84 Å². The third-order valence-corrected chi connectivity index (χ3v) is 7.77. The van der Waals surface area contributed by atoms with Gasteiger partial charge in [0.1, 0.15) is 12.3 Å². The fourth-order valence-corrected chi connectivity index (χ4v) is 6.14. The van der Waals surface area contributed by atoms with Crippen LogP contribution in [-0.2, 0) is 16.1 Å². The minimum Gasteiger partial charge on any atom is -0.484 e. The predicted octanol–water partition coefficient (Wildman–Crippen LogP) is 3.73. The van der Waals surface area contributed by atoms with Crippen molar-refractivity contribution in [3.05, 3.63) is 65.9 Å². The van der Waals surface area contributed by atoms with E-state index in [-0.39, 0.29) is 19.1 Å². The molecule has 2 heterocycles. The van der Waals surface area contributed by atoms with E-state index in [1.165, 1.54) is 23.3 Å². The molecule has 0 aliphatic carbocycles. The molecule has 0 spiro atoms. The summed E-state index contributed by atoms with van der Waals surface area (Å²) in [5.74, 6) is 1.68. The van der Waals surface area contributed by atoms with Crippen molar-refractivity contribution < 1.29 is 19.4 Å². The number of hydrogen-bond donors (Lipinski definition) is 2. The molecule has 1 aliphatic rings. The van der Waals surface area contributed by atoms with E-state index >= 15 is 0 Å². The lowest BCUT2D eigenvalue weighted by atomic mass is 10.2. The Morgan fingerprint density at radius 2 is 1.90 bits per heavy atom. The zero-order chi connectivity index (χ0) is 21.6. The fraction of sp³-hybridized carbons (Fsp3) is 0.227. The van der Waals surface area contributed by atoms with Gasteiger partial charge in [0.25, 0.3) is 5.91 Å². The standard InChI is InChI=1S/C22H21N3O4S2/c26-20(14-29-17-7-5-15(6-8-17)22-30-9-10-31-22)24-23-11-16-12-25(13-21(27)28)19-4-2-1-3-18(16)19/h1-8,11-12,22H,9-10,13-14H2,(H,24,26)(H,27,28)/b23-11-. The molecule has 3 aromatic rings. The number of para-hydroxylation sites is 1. The third-order valence-electron chi connectivity index (χ3n) is 4.66. The second-order valence-electron chi connectivity index (χ2n) is 6.85. The molecule has 0 radical (unpaired) electrons. The zero-order valence-electron chi connectivity index (χ0n) is 16.6.